The van der Waals surface area contributed by atoms with E-state index >= 15 is 0 Å². The number of benzene rings is 1. The Bertz CT molecular complexity index is 509. The lowest BCUT2D eigenvalue weighted by molar-refractivity contribution is -0.121. The van der Waals surface area contributed by atoms with Gasteiger partial charge < -0.3 is 15.1 Å². The molecular weight excluding hydrogens is 252 g/mol. The highest BCUT2D eigenvalue weighted by molar-refractivity contribution is 5.75. The van der Waals surface area contributed by atoms with Crippen molar-refractivity contribution in [2.75, 3.05) is 6.54 Å². The number of hydrogen-bond donors (Lipinski definition) is 2. The van der Waals surface area contributed by atoms with E-state index in [1.54, 1.807) is 6.26 Å². The topological polar surface area (TPSA) is 54.3 Å². The average Bonchev–Trinajstić information content (AvgIpc) is 2.99. The van der Waals surface area contributed by atoms with Gasteiger partial charge in [-0.15, -0.1) is 0 Å². The van der Waals surface area contributed by atoms with Gasteiger partial charge in [0.2, 0.25) is 5.91 Å². The summed E-state index contributed by atoms with van der Waals surface area (Å²) in [6.45, 7) is 3.19. The fraction of sp³-hybridized carbons (Fsp3) is 0.312. The van der Waals surface area contributed by atoms with E-state index in [9.17, 15) is 4.79 Å². The third-order valence-electron chi connectivity index (χ3n) is 3.14. The highest BCUT2D eigenvalue weighted by atomic mass is 16.3. The first-order valence-corrected chi connectivity index (χ1v) is 6.83. The van der Waals surface area contributed by atoms with Gasteiger partial charge in [0.25, 0.3) is 0 Å². The maximum absolute atomic E-state index is 11.7. The monoisotopic (exact) mass is 272 g/mol. The number of furan rings is 1. The zero-order valence-corrected chi connectivity index (χ0v) is 11.6. The molecule has 4 nitrogen and oxygen atoms in total. The number of amides is 1. The molecule has 0 aliphatic carbocycles. The second-order valence-corrected chi connectivity index (χ2v) is 4.69. The highest BCUT2D eigenvalue weighted by Gasteiger charge is 2.06. The molecular formula is C16H20N2O2. The van der Waals surface area contributed by atoms with Gasteiger partial charge in [0.05, 0.1) is 12.8 Å². The molecule has 1 aromatic carbocycles. The molecule has 0 fully saturated rings. The van der Waals surface area contributed by atoms with E-state index in [0.29, 0.717) is 19.5 Å². The van der Waals surface area contributed by atoms with Crippen LogP contribution in [-0.2, 0) is 11.3 Å². The number of rotatable bonds is 7. The summed E-state index contributed by atoms with van der Waals surface area (Å²) in [4.78, 5) is 11.7. The molecule has 1 aromatic heterocycles. The van der Waals surface area contributed by atoms with Crippen LogP contribution in [0.15, 0.2) is 53.1 Å². The molecule has 1 unspecified atom stereocenters. The summed E-state index contributed by atoms with van der Waals surface area (Å²) in [7, 11) is 0. The molecule has 106 valence electrons. The Morgan fingerprint density at radius 3 is 2.70 bits per heavy atom. The van der Waals surface area contributed by atoms with Crippen molar-refractivity contribution in [3.8, 4) is 0 Å². The first-order chi connectivity index (χ1) is 9.75. The van der Waals surface area contributed by atoms with Gasteiger partial charge in [-0.1, -0.05) is 30.3 Å². The van der Waals surface area contributed by atoms with Crippen LogP contribution in [0.1, 0.15) is 30.7 Å². The highest BCUT2D eigenvalue weighted by Crippen LogP contribution is 2.10. The van der Waals surface area contributed by atoms with E-state index in [-0.39, 0.29) is 11.9 Å². The minimum atomic E-state index is 0.0224. The fourth-order valence-corrected chi connectivity index (χ4v) is 1.95. The summed E-state index contributed by atoms with van der Waals surface area (Å²) < 4.78 is 5.15. The van der Waals surface area contributed by atoms with Crippen molar-refractivity contribution in [2.45, 2.75) is 25.9 Å². The summed E-state index contributed by atoms with van der Waals surface area (Å²) in [5.41, 5.74) is 1.23. The Labute approximate surface area is 119 Å². The van der Waals surface area contributed by atoms with Crippen molar-refractivity contribution in [3.05, 3.63) is 60.1 Å². The van der Waals surface area contributed by atoms with Gasteiger partial charge in [0, 0.05) is 19.0 Å². The Morgan fingerprint density at radius 2 is 2.00 bits per heavy atom. The quantitative estimate of drug-likeness (QED) is 0.814. The van der Waals surface area contributed by atoms with E-state index in [2.05, 4.69) is 29.7 Å². The van der Waals surface area contributed by atoms with Crippen LogP contribution >= 0.6 is 0 Å². The van der Waals surface area contributed by atoms with Gasteiger partial charge in [0.15, 0.2) is 0 Å². The number of carbonyl (C=O) groups is 1. The molecule has 0 saturated carbocycles. The molecule has 0 aliphatic rings. The van der Waals surface area contributed by atoms with E-state index < -0.39 is 0 Å². The van der Waals surface area contributed by atoms with Crippen LogP contribution in [0.2, 0.25) is 0 Å². The Kier molecular flexibility index (Phi) is 5.38. The number of nitrogens with one attached hydrogen (secondary N) is 2. The number of carbonyl (C=O) groups excluding carboxylic acids is 1. The van der Waals surface area contributed by atoms with Crippen LogP contribution in [-0.4, -0.2) is 12.5 Å². The molecule has 0 saturated heterocycles. The molecule has 1 atom stereocenters. The van der Waals surface area contributed by atoms with Crippen molar-refractivity contribution in [1.29, 1.82) is 0 Å². The van der Waals surface area contributed by atoms with Gasteiger partial charge in [-0.25, -0.2) is 0 Å². The van der Waals surface area contributed by atoms with E-state index in [4.69, 9.17) is 4.42 Å². The largest absolute Gasteiger partial charge is 0.467 e. The molecule has 1 heterocycles. The second kappa shape index (κ2) is 7.50. The minimum absolute atomic E-state index is 0.0224. The fourth-order valence-electron chi connectivity index (χ4n) is 1.95. The predicted octanol–water partition coefficient (Wildman–Crippen LogP) is 2.64. The van der Waals surface area contributed by atoms with Crippen LogP contribution in [0.5, 0.6) is 0 Å². The van der Waals surface area contributed by atoms with Crippen LogP contribution in [0, 0.1) is 0 Å². The number of hydrogen-bond acceptors (Lipinski definition) is 3. The van der Waals surface area contributed by atoms with Crippen molar-refractivity contribution in [3.63, 3.8) is 0 Å². The van der Waals surface area contributed by atoms with Gasteiger partial charge >= 0.3 is 0 Å². The lowest BCUT2D eigenvalue weighted by Crippen LogP contribution is -2.28. The van der Waals surface area contributed by atoms with Crippen LogP contribution in [0.3, 0.4) is 0 Å². The van der Waals surface area contributed by atoms with Gasteiger partial charge in [-0.05, 0) is 24.6 Å². The first kappa shape index (κ1) is 14.3. The summed E-state index contributed by atoms with van der Waals surface area (Å²) in [5.74, 6) is 0.790. The molecule has 2 aromatic rings. The predicted molar refractivity (Wildman–Crippen MR) is 78.0 cm³/mol. The van der Waals surface area contributed by atoms with Gasteiger partial charge in [-0.2, -0.15) is 0 Å². The van der Waals surface area contributed by atoms with Crippen molar-refractivity contribution in [2.24, 2.45) is 0 Å². The molecule has 0 spiro atoms. The van der Waals surface area contributed by atoms with E-state index in [0.717, 1.165) is 5.76 Å². The van der Waals surface area contributed by atoms with Crippen LogP contribution in [0.4, 0.5) is 0 Å². The standard InChI is InChI=1S/C16H20N2O2/c1-13(14-6-3-2-4-7-14)17-10-9-16(19)18-12-15-8-5-11-20-15/h2-8,11,13,17H,9-10,12H2,1H3,(H,18,19). The molecule has 0 radical (unpaired) electrons. The zero-order valence-electron chi connectivity index (χ0n) is 11.6. The summed E-state index contributed by atoms with van der Waals surface area (Å²) >= 11 is 0. The van der Waals surface area contributed by atoms with Crippen molar-refractivity contribution in [1.82, 2.24) is 10.6 Å². The lowest BCUT2D eigenvalue weighted by atomic mass is 10.1. The molecule has 0 bridgehead atoms. The minimum Gasteiger partial charge on any atom is -0.467 e. The average molecular weight is 272 g/mol. The van der Waals surface area contributed by atoms with Gasteiger partial charge in [0.1, 0.15) is 5.76 Å². The third kappa shape index (κ3) is 4.55. The van der Waals surface area contributed by atoms with E-state index in [1.807, 2.05) is 30.3 Å². The molecule has 2 rings (SSSR count). The Balaban J connectivity index is 1.64. The normalized spacial score (nSPS) is 12.1. The Morgan fingerprint density at radius 1 is 1.20 bits per heavy atom. The molecule has 1 amide bonds. The van der Waals surface area contributed by atoms with Crippen molar-refractivity contribution < 1.29 is 9.21 Å². The summed E-state index contributed by atoms with van der Waals surface area (Å²) in [6, 6.07) is 14.1. The first-order valence-electron chi connectivity index (χ1n) is 6.83. The summed E-state index contributed by atoms with van der Waals surface area (Å²) in [5, 5.41) is 6.16. The van der Waals surface area contributed by atoms with Gasteiger partial charge in [-0.3, -0.25) is 4.79 Å². The summed E-state index contributed by atoms with van der Waals surface area (Å²) in [6.07, 6.45) is 2.06. The maximum atomic E-state index is 11.7. The molecule has 20 heavy (non-hydrogen) atoms. The molecule has 4 heteroatoms. The second-order valence-electron chi connectivity index (χ2n) is 4.69. The van der Waals surface area contributed by atoms with Crippen LogP contribution in [0.25, 0.3) is 0 Å². The van der Waals surface area contributed by atoms with Crippen LogP contribution < -0.4 is 10.6 Å². The smallest absolute Gasteiger partial charge is 0.221 e. The Hall–Kier alpha value is -2.07. The van der Waals surface area contributed by atoms with E-state index in [1.165, 1.54) is 5.56 Å². The maximum Gasteiger partial charge on any atom is 0.221 e. The van der Waals surface area contributed by atoms with Crippen molar-refractivity contribution >= 4 is 5.91 Å². The SMILES string of the molecule is CC(NCCC(=O)NCc1ccco1)c1ccccc1. The molecule has 0 aliphatic heterocycles. The lowest BCUT2D eigenvalue weighted by Gasteiger charge is -2.13. The molecule has 2 N–H and O–H groups in total. The third-order valence-corrected chi connectivity index (χ3v) is 3.14. The zero-order chi connectivity index (χ0) is 14.2.